The highest BCUT2D eigenvalue weighted by Crippen LogP contribution is 2.37. The van der Waals surface area contributed by atoms with Crippen molar-refractivity contribution in [2.45, 2.75) is 6.92 Å². The highest BCUT2D eigenvalue weighted by Gasteiger charge is 2.15. The van der Waals surface area contributed by atoms with Crippen LogP contribution in [0.5, 0.6) is 5.75 Å². The van der Waals surface area contributed by atoms with Crippen LogP contribution in [0, 0.1) is 6.92 Å². The van der Waals surface area contributed by atoms with Gasteiger partial charge in [0, 0.05) is 10.1 Å². The molecule has 0 bridgehead atoms. The summed E-state index contributed by atoms with van der Waals surface area (Å²) in [4.78, 5) is 12.6. The predicted octanol–water partition coefficient (Wildman–Crippen LogP) is 4.39. The molecular formula is C15H11ClO2S. The van der Waals surface area contributed by atoms with Gasteiger partial charge in [-0.05, 0) is 30.7 Å². The fourth-order valence-corrected chi connectivity index (χ4v) is 3.66. The number of methoxy groups -OCH3 is 1. The van der Waals surface area contributed by atoms with Crippen LogP contribution >= 0.6 is 22.9 Å². The molecule has 0 aliphatic rings. The molecule has 0 spiro atoms. The summed E-state index contributed by atoms with van der Waals surface area (Å²) in [6.45, 7) is 1.88. The predicted molar refractivity (Wildman–Crippen MR) is 81.9 cm³/mol. The van der Waals surface area contributed by atoms with Gasteiger partial charge in [0.25, 0.3) is 0 Å². The van der Waals surface area contributed by atoms with E-state index in [2.05, 4.69) is 0 Å². The Labute approximate surface area is 119 Å². The van der Waals surface area contributed by atoms with Gasteiger partial charge in [-0.25, -0.2) is 0 Å². The highest BCUT2D eigenvalue weighted by atomic mass is 35.5. The zero-order valence-electron chi connectivity index (χ0n) is 10.5. The first-order valence-corrected chi connectivity index (χ1v) is 7.01. The quantitative estimate of drug-likeness (QED) is 0.622. The van der Waals surface area contributed by atoms with Crippen LogP contribution in [0.15, 0.2) is 35.1 Å². The van der Waals surface area contributed by atoms with Gasteiger partial charge in [-0.3, -0.25) is 4.79 Å². The lowest BCUT2D eigenvalue weighted by Gasteiger charge is -2.09. The molecule has 2 nitrogen and oxygen atoms in total. The van der Waals surface area contributed by atoms with Crippen LogP contribution in [0.2, 0.25) is 5.02 Å². The van der Waals surface area contributed by atoms with Crippen molar-refractivity contribution < 1.29 is 4.74 Å². The molecule has 0 amide bonds. The van der Waals surface area contributed by atoms with Crippen molar-refractivity contribution >= 4 is 43.1 Å². The van der Waals surface area contributed by atoms with Gasteiger partial charge in [0.05, 0.1) is 22.2 Å². The molecule has 0 unspecified atom stereocenters. The summed E-state index contributed by atoms with van der Waals surface area (Å²) in [6.07, 6.45) is 0. The molecule has 2 aromatic carbocycles. The Balaban J connectivity index is 2.65. The smallest absolute Gasteiger partial charge is 0.197 e. The first kappa shape index (κ1) is 12.5. The lowest BCUT2D eigenvalue weighted by Crippen LogP contribution is -2.03. The van der Waals surface area contributed by atoms with Gasteiger partial charge < -0.3 is 4.74 Å². The van der Waals surface area contributed by atoms with Gasteiger partial charge in [-0.15, -0.1) is 11.3 Å². The van der Waals surface area contributed by atoms with Crippen LogP contribution in [0.3, 0.4) is 0 Å². The minimum absolute atomic E-state index is 0.0312. The van der Waals surface area contributed by atoms with Crippen molar-refractivity contribution in [1.82, 2.24) is 0 Å². The standard InChI is InChI=1S/C15H11ClO2S/c1-8-7-10(18-2)15-12(13(8)16)14(17)9-5-3-4-6-11(9)19-15/h3-7H,1-2H3. The summed E-state index contributed by atoms with van der Waals surface area (Å²) in [5, 5.41) is 1.78. The molecule has 3 aromatic rings. The van der Waals surface area contributed by atoms with E-state index in [9.17, 15) is 4.79 Å². The van der Waals surface area contributed by atoms with Gasteiger partial charge >= 0.3 is 0 Å². The maximum absolute atomic E-state index is 12.6. The molecule has 1 heterocycles. The van der Waals surface area contributed by atoms with E-state index in [0.717, 1.165) is 15.0 Å². The fraction of sp³-hybridized carbons (Fsp3) is 0.133. The summed E-state index contributed by atoms with van der Waals surface area (Å²) >= 11 is 7.84. The topological polar surface area (TPSA) is 26.3 Å². The molecule has 0 saturated carbocycles. The Hall–Kier alpha value is -1.58. The Morgan fingerprint density at radius 3 is 2.74 bits per heavy atom. The van der Waals surface area contributed by atoms with Crippen LogP contribution in [0.1, 0.15) is 5.56 Å². The highest BCUT2D eigenvalue weighted by molar-refractivity contribution is 7.25. The van der Waals surface area contributed by atoms with Crippen molar-refractivity contribution in [2.24, 2.45) is 0 Å². The minimum Gasteiger partial charge on any atom is -0.495 e. The van der Waals surface area contributed by atoms with E-state index in [1.807, 2.05) is 37.3 Å². The molecule has 19 heavy (non-hydrogen) atoms. The van der Waals surface area contributed by atoms with Crippen LogP contribution in [0.4, 0.5) is 0 Å². The Morgan fingerprint density at radius 2 is 2.00 bits per heavy atom. The largest absolute Gasteiger partial charge is 0.495 e. The van der Waals surface area contributed by atoms with E-state index >= 15 is 0 Å². The average Bonchev–Trinajstić information content (AvgIpc) is 2.43. The lowest BCUT2D eigenvalue weighted by atomic mass is 10.1. The molecule has 0 aliphatic heterocycles. The molecule has 0 fully saturated rings. The number of aryl methyl sites for hydroxylation is 1. The van der Waals surface area contributed by atoms with E-state index < -0.39 is 0 Å². The second kappa shape index (κ2) is 4.51. The monoisotopic (exact) mass is 290 g/mol. The molecule has 0 N–H and O–H groups in total. The molecular weight excluding hydrogens is 280 g/mol. The van der Waals surface area contributed by atoms with Gasteiger partial charge in [0.1, 0.15) is 5.75 Å². The Morgan fingerprint density at radius 1 is 1.26 bits per heavy atom. The summed E-state index contributed by atoms with van der Waals surface area (Å²) in [6, 6.07) is 9.43. The first-order valence-electron chi connectivity index (χ1n) is 5.82. The van der Waals surface area contributed by atoms with Gasteiger partial charge in [-0.1, -0.05) is 23.7 Å². The SMILES string of the molecule is COc1cc(C)c(Cl)c2c(=O)c3ccccc3sc12. The number of halogens is 1. The van der Waals surface area contributed by atoms with E-state index in [-0.39, 0.29) is 5.43 Å². The number of rotatable bonds is 1. The summed E-state index contributed by atoms with van der Waals surface area (Å²) in [5.74, 6) is 0.699. The van der Waals surface area contributed by atoms with Crippen LogP contribution in [-0.4, -0.2) is 7.11 Å². The Bertz CT molecular complexity index is 852. The number of benzene rings is 2. The maximum atomic E-state index is 12.6. The second-order valence-electron chi connectivity index (χ2n) is 4.34. The number of ether oxygens (including phenoxy) is 1. The van der Waals surface area contributed by atoms with Crippen LogP contribution < -0.4 is 10.2 Å². The molecule has 0 saturated heterocycles. The zero-order valence-corrected chi connectivity index (χ0v) is 12.1. The molecule has 3 rings (SSSR count). The van der Waals surface area contributed by atoms with E-state index in [1.165, 1.54) is 11.3 Å². The molecule has 4 heteroatoms. The average molecular weight is 291 g/mol. The van der Waals surface area contributed by atoms with Gasteiger partial charge in [0.15, 0.2) is 5.43 Å². The molecule has 0 atom stereocenters. The number of hydrogen-bond donors (Lipinski definition) is 0. The molecule has 0 radical (unpaired) electrons. The Kier molecular flexibility index (Phi) is 2.96. The van der Waals surface area contributed by atoms with Crippen LogP contribution in [0.25, 0.3) is 20.2 Å². The van der Waals surface area contributed by atoms with E-state index in [4.69, 9.17) is 16.3 Å². The van der Waals surface area contributed by atoms with Crippen LogP contribution in [-0.2, 0) is 0 Å². The zero-order chi connectivity index (χ0) is 13.6. The van der Waals surface area contributed by atoms with Gasteiger partial charge in [0.2, 0.25) is 0 Å². The van der Waals surface area contributed by atoms with Crippen molar-refractivity contribution in [3.8, 4) is 5.75 Å². The van der Waals surface area contributed by atoms with Crippen molar-refractivity contribution in [3.63, 3.8) is 0 Å². The number of fused-ring (bicyclic) bond motifs is 2. The van der Waals surface area contributed by atoms with Crippen molar-refractivity contribution in [1.29, 1.82) is 0 Å². The lowest BCUT2D eigenvalue weighted by molar-refractivity contribution is 0.420. The first-order chi connectivity index (χ1) is 9.13. The molecule has 0 aliphatic carbocycles. The minimum atomic E-state index is -0.0312. The number of hydrogen-bond acceptors (Lipinski definition) is 3. The van der Waals surface area contributed by atoms with Gasteiger partial charge in [-0.2, -0.15) is 0 Å². The van der Waals surface area contributed by atoms with Crippen molar-refractivity contribution in [2.75, 3.05) is 7.11 Å². The molecule has 96 valence electrons. The third-order valence-electron chi connectivity index (χ3n) is 3.15. The normalized spacial score (nSPS) is 11.1. The van der Waals surface area contributed by atoms with E-state index in [0.29, 0.717) is 21.5 Å². The summed E-state index contributed by atoms with van der Waals surface area (Å²) < 4.78 is 7.13. The summed E-state index contributed by atoms with van der Waals surface area (Å²) in [5.41, 5.74) is 0.821. The third kappa shape index (κ3) is 1.81. The van der Waals surface area contributed by atoms with Crippen molar-refractivity contribution in [3.05, 3.63) is 51.1 Å². The fourth-order valence-electron chi connectivity index (χ4n) is 2.19. The summed E-state index contributed by atoms with van der Waals surface area (Å²) in [7, 11) is 1.61. The maximum Gasteiger partial charge on any atom is 0.197 e. The molecule has 1 aromatic heterocycles. The third-order valence-corrected chi connectivity index (χ3v) is 4.83. The second-order valence-corrected chi connectivity index (χ2v) is 5.77. The van der Waals surface area contributed by atoms with E-state index in [1.54, 1.807) is 7.11 Å².